The highest BCUT2D eigenvalue weighted by molar-refractivity contribution is 5.84. The van der Waals surface area contributed by atoms with Gasteiger partial charge in [-0.25, -0.2) is 0 Å². The number of nitrogens with two attached hydrogens (primary N) is 1. The number of rotatable bonds is 5. The summed E-state index contributed by atoms with van der Waals surface area (Å²) < 4.78 is 5.60. The highest BCUT2D eigenvalue weighted by Gasteiger charge is 2.13. The van der Waals surface area contributed by atoms with E-state index in [2.05, 4.69) is 12.1 Å². The third kappa shape index (κ3) is 3.15. The Balaban J connectivity index is 2.70. The Morgan fingerprint density at radius 3 is 2.44 bits per heavy atom. The summed E-state index contributed by atoms with van der Waals surface area (Å²) in [5, 5.41) is 11.5. The van der Waals surface area contributed by atoms with E-state index in [-0.39, 0.29) is 11.9 Å². The summed E-state index contributed by atoms with van der Waals surface area (Å²) in [6.45, 7) is 4.02. The number of hydrogen-bond acceptors (Lipinski definition) is 3. The van der Waals surface area contributed by atoms with Gasteiger partial charge >= 0.3 is 0 Å². The Hall–Kier alpha value is -1.71. The second-order valence-electron chi connectivity index (χ2n) is 3.54. The fraction of sp³-hybridized carbons (Fsp3) is 0.417. The average Bonchev–Trinajstić information content (AvgIpc) is 2.35. The quantitative estimate of drug-likeness (QED) is 0.347. The van der Waals surface area contributed by atoms with Crippen molar-refractivity contribution in [2.45, 2.75) is 32.8 Å². The van der Waals surface area contributed by atoms with Crippen LogP contribution in [0.1, 0.15) is 25.8 Å². The molecule has 1 aromatic rings. The van der Waals surface area contributed by atoms with Crippen molar-refractivity contribution in [3.8, 4) is 5.75 Å². The molecule has 0 aliphatic rings. The van der Waals surface area contributed by atoms with E-state index in [0.717, 1.165) is 12.2 Å². The molecule has 0 spiro atoms. The lowest BCUT2D eigenvalue weighted by Crippen LogP contribution is -2.33. The number of aryl methyl sites for hydroxylation is 1. The second-order valence-corrected chi connectivity index (χ2v) is 3.54. The van der Waals surface area contributed by atoms with Crippen LogP contribution in [0, 0.1) is 0 Å². The predicted octanol–water partition coefficient (Wildman–Crippen LogP) is 2.15. The molecule has 88 valence electrons. The minimum absolute atomic E-state index is 0.0991. The van der Waals surface area contributed by atoms with Gasteiger partial charge in [0.05, 0.1) is 0 Å². The first-order valence-electron chi connectivity index (χ1n) is 5.44. The molecule has 1 aromatic carbocycles. The minimum atomic E-state index is -0.377. The first-order chi connectivity index (χ1) is 7.71. The van der Waals surface area contributed by atoms with Crippen molar-refractivity contribution in [1.82, 2.24) is 0 Å². The van der Waals surface area contributed by atoms with Crippen molar-refractivity contribution in [2.24, 2.45) is 10.9 Å². The van der Waals surface area contributed by atoms with E-state index in [1.807, 2.05) is 31.2 Å². The first-order valence-corrected chi connectivity index (χ1v) is 5.44. The molecule has 0 aliphatic heterocycles. The molecule has 1 atom stereocenters. The van der Waals surface area contributed by atoms with E-state index in [1.165, 1.54) is 5.56 Å². The highest BCUT2D eigenvalue weighted by atomic mass is 16.5. The van der Waals surface area contributed by atoms with E-state index in [4.69, 9.17) is 15.7 Å². The zero-order chi connectivity index (χ0) is 12.0. The normalized spacial score (nSPS) is 13.5. The smallest absolute Gasteiger partial charge is 0.180 e. The molecule has 0 aromatic heterocycles. The maximum atomic E-state index is 8.58. The van der Waals surface area contributed by atoms with Crippen molar-refractivity contribution in [2.75, 3.05) is 0 Å². The molecule has 0 amide bonds. The van der Waals surface area contributed by atoms with Crippen molar-refractivity contribution in [3.63, 3.8) is 0 Å². The van der Waals surface area contributed by atoms with Crippen LogP contribution in [0.3, 0.4) is 0 Å². The molecule has 0 bridgehead atoms. The lowest BCUT2D eigenvalue weighted by Gasteiger charge is -2.16. The molecule has 0 fully saturated rings. The summed E-state index contributed by atoms with van der Waals surface area (Å²) in [5.74, 6) is 0.831. The van der Waals surface area contributed by atoms with Gasteiger partial charge in [-0.05, 0) is 30.5 Å². The minimum Gasteiger partial charge on any atom is -0.482 e. The van der Waals surface area contributed by atoms with Crippen molar-refractivity contribution >= 4 is 5.84 Å². The Bertz CT molecular complexity index is 347. The maximum absolute atomic E-state index is 8.58. The fourth-order valence-corrected chi connectivity index (χ4v) is 1.39. The van der Waals surface area contributed by atoms with Gasteiger partial charge < -0.3 is 15.7 Å². The van der Waals surface area contributed by atoms with Crippen LogP contribution in [-0.2, 0) is 6.42 Å². The molecule has 1 unspecified atom stereocenters. The molecule has 0 radical (unpaired) electrons. The number of nitrogens with zero attached hydrogens (tertiary/aromatic N) is 1. The molecule has 1 rings (SSSR count). The number of ether oxygens (including phenoxy) is 1. The molecular weight excluding hydrogens is 204 g/mol. The summed E-state index contributed by atoms with van der Waals surface area (Å²) >= 11 is 0. The SMILES string of the molecule is CCc1ccc(OC(CC)C(N)=NO)cc1. The zero-order valence-corrected chi connectivity index (χ0v) is 9.68. The summed E-state index contributed by atoms with van der Waals surface area (Å²) in [5.41, 5.74) is 6.76. The van der Waals surface area contributed by atoms with E-state index in [9.17, 15) is 0 Å². The molecule has 16 heavy (non-hydrogen) atoms. The highest BCUT2D eigenvalue weighted by Crippen LogP contribution is 2.15. The van der Waals surface area contributed by atoms with Gasteiger partial charge in [0, 0.05) is 0 Å². The molecule has 0 saturated heterocycles. The summed E-state index contributed by atoms with van der Waals surface area (Å²) in [6.07, 6.45) is 1.28. The van der Waals surface area contributed by atoms with Crippen molar-refractivity contribution < 1.29 is 9.94 Å². The van der Waals surface area contributed by atoms with Gasteiger partial charge in [-0.15, -0.1) is 0 Å². The summed E-state index contributed by atoms with van der Waals surface area (Å²) in [6, 6.07) is 7.81. The van der Waals surface area contributed by atoms with Crippen LogP contribution < -0.4 is 10.5 Å². The topological polar surface area (TPSA) is 67.8 Å². The number of benzene rings is 1. The standard InChI is InChI=1S/C12H18N2O2/c1-3-9-5-7-10(8-6-9)16-11(4-2)12(13)14-15/h5-8,11,15H,3-4H2,1-2H3,(H2,13,14). The molecule has 0 saturated carbocycles. The van der Waals surface area contributed by atoms with E-state index >= 15 is 0 Å². The Morgan fingerprint density at radius 1 is 1.38 bits per heavy atom. The lowest BCUT2D eigenvalue weighted by molar-refractivity contribution is 0.246. The molecule has 0 heterocycles. The largest absolute Gasteiger partial charge is 0.482 e. The number of oxime groups is 1. The van der Waals surface area contributed by atoms with E-state index < -0.39 is 0 Å². The second kappa shape index (κ2) is 6.00. The zero-order valence-electron chi connectivity index (χ0n) is 9.68. The van der Waals surface area contributed by atoms with Crippen molar-refractivity contribution in [3.05, 3.63) is 29.8 Å². The van der Waals surface area contributed by atoms with Gasteiger partial charge in [0.25, 0.3) is 0 Å². The van der Waals surface area contributed by atoms with Crippen LogP contribution in [0.5, 0.6) is 5.75 Å². The molecular formula is C12H18N2O2. The van der Waals surface area contributed by atoms with Gasteiger partial charge in [0.2, 0.25) is 0 Å². The number of amidine groups is 1. The fourth-order valence-electron chi connectivity index (χ4n) is 1.39. The number of hydrogen-bond donors (Lipinski definition) is 2. The monoisotopic (exact) mass is 222 g/mol. The molecule has 0 aliphatic carbocycles. The van der Waals surface area contributed by atoms with E-state index in [0.29, 0.717) is 6.42 Å². The predicted molar refractivity (Wildman–Crippen MR) is 63.9 cm³/mol. The molecule has 4 nitrogen and oxygen atoms in total. The Labute approximate surface area is 95.7 Å². The van der Waals surface area contributed by atoms with Gasteiger partial charge in [-0.1, -0.05) is 31.1 Å². The van der Waals surface area contributed by atoms with Gasteiger partial charge in [0.1, 0.15) is 5.75 Å². The van der Waals surface area contributed by atoms with Crippen LogP contribution in [-0.4, -0.2) is 17.1 Å². The molecule has 3 N–H and O–H groups in total. The van der Waals surface area contributed by atoms with E-state index in [1.54, 1.807) is 0 Å². The summed E-state index contributed by atoms with van der Waals surface area (Å²) in [7, 11) is 0. The first kappa shape index (κ1) is 12.4. The van der Waals surface area contributed by atoms with Crippen LogP contribution in [0.4, 0.5) is 0 Å². The lowest BCUT2D eigenvalue weighted by atomic mass is 10.2. The third-order valence-corrected chi connectivity index (χ3v) is 2.43. The maximum Gasteiger partial charge on any atom is 0.180 e. The van der Waals surface area contributed by atoms with Gasteiger partial charge in [0.15, 0.2) is 11.9 Å². The van der Waals surface area contributed by atoms with Gasteiger partial charge in [-0.2, -0.15) is 0 Å². The Morgan fingerprint density at radius 2 is 2.00 bits per heavy atom. The third-order valence-electron chi connectivity index (χ3n) is 2.43. The van der Waals surface area contributed by atoms with Crippen LogP contribution in [0.2, 0.25) is 0 Å². The summed E-state index contributed by atoms with van der Waals surface area (Å²) in [4.78, 5) is 0. The van der Waals surface area contributed by atoms with Gasteiger partial charge in [-0.3, -0.25) is 0 Å². The van der Waals surface area contributed by atoms with Crippen LogP contribution in [0.25, 0.3) is 0 Å². The van der Waals surface area contributed by atoms with Crippen LogP contribution >= 0.6 is 0 Å². The van der Waals surface area contributed by atoms with Crippen LogP contribution in [0.15, 0.2) is 29.4 Å². The average molecular weight is 222 g/mol. The Kier molecular flexibility index (Phi) is 4.64. The van der Waals surface area contributed by atoms with Crippen molar-refractivity contribution in [1.29, 1.82) is 0 Å². The molecule has 4 heteroatoms.